The minimum absolute atomic E-state index is 0.0580. The van der Waals surface area contributed by atoms with Gasteiger partial charge in [0.15, 0.2) is 0 Å². The Morgan fingerprint density at radius 1 is 1.23 bits per heavy atom. The maximum Gasteiger partial charge on any atom is 0.230 e. The number of aromatic nitrogens is 4. The second-order valence-corrected chi connectivity index (χ2v) is 6.20. The summed E-state index contributed by atoms with van der Waals surface area (Å²) in [5, 5.41) is 14.2. The molecule has 1 N–H and O–H groups in total. The van der Waals surface area contributed by atoms with Crippen molar-refractivity contribution < 1.29 is 9.53 Å². The summed E-state index contributed by atoms with van der Waals surface area (Å²) in [7, 11) is 0. The van der Waals surface area contributed by atoms with Crippen LogP contribution in [0.3, 0.4) is 0 Å². The van der Waals surface area contributed by atoms with Crippen LogP contribution in [0.4, 0.5) is 5.69 Å². The molecule has 0 saturated carbocycles. The molecule has 2 heterocycles. The third kappa shape index (κ3) is 3.03. The van der Waals surface area contributed by atoms with Crippen molar-refractivity contribution in [2.45, 2.75) is 19.8 Å². The van der Waals surface area contributed by atoms with Gasteiger partial charge in [-0.2, -0.15) is 5.21 Å². The number of hydrogen-bond acceptors (Lipinski definition) is 5. The topological polar surface area (TPSA) is 84.0 Å². The van der Waals surface area contributed by atoms with Gasteiger partial charge in [-0.25, -0.2) is 0 Å². The fourth-order valence-electron chi connectivity index (χ4n) is 3.28. The van der Waals surface area contributed by atoms with E-state index in [0.29, 0.717) is 25.4 Å². The Bertz CT molecular complexity index is 923. The Labute approximate surface area is 151 Å². The number of benzene rings is 2. The van der Waals surface area contributed by atoms with Crippen molar-refractivity contribution in [1.82, 2.24) is 20.6 Å². The Kier molecular flexibility index (Phi) is 4.35. The molecule has 1 aliphatic rings. The molecule has 3 aromatic rings. The van der Waals surface area contributed by atoms with Crippen LogP contribution in [0.2, 0.25) is 0 Å². The van der Waals surface area contributed by atoms with Gasteiger partial charge in [0.05, 0.1) is 13.0 Å². The van der Waals surface area contributed by atoms with Crippen molar-refractivity contribution in [3.63, 3.8) is 0 Å². The lowest BCUT2D eigenvalue weighted by Gasteiger charge is -2.18. The number of carbonyl (C=O) groups is 1. The highest BCUT2D eigenvalue weighted by Crippen LogP contribution is 2.35. The number of hydrogen-bond donors (Lipinski definition) is 1. The minimum atomic E-state index is 0.0580. The normalized spacial score (nSPS) is 12.9. The number of H-pyrrole nitrogens is 1. The van der Waals surface area contributed by atoms with E-state index in [2.05, 4.69) is 20.6 Å². The summed E-state index contributed by atoms with van der Waals surface area (Å²) in [6.07, 6.45) is 1.12. The van der Waals surface area contributed by atoms with E-state index in [4.69, 9.17) is 4.74 Å². The van der Waals surface area contributed by atoms with Gasteiger partial charge in [0.25, 0.3) is 0 Å². The number of para-hydroxylation sites is 1. The van der Waals surface area contributed by atoms with Crippen LogP contribution in [0.1, 0.15) is 17.5 Å². The van der Waals surface area contributed by atoms with Gasteiger partial charge >= 0.3 is 0 Å². The smallest absolute Gasteiger partial charge is 0.230 e. The lowest BCUT2D eigenvalue weighted by atomic mass is 10.0. The number of rotatable bonds is 5. The zero-order valence-electron chi connectivity index (χ0n) is 14.5. The highest BCUT2D eigenvalue weighted by molar-refractivity contribution is 5.96. The number of amides is 1. The average molecular weight is 349 g/mol. The predicted molar refractivity (Wildman–Crippen MR) is 97.0 cm³/mol. The van der Waals surface area contributed by atoms with Crippen LogP contribution in [0.15, 0.2) is 42.5 Å². The van der Waals surface area contributed by atoms with Gasteiger partial charge in [-0.3, -0.25) is 4.79 Å². The molecule has 0 bridgehead atoms. The second kappa shape index (κ2) is 6.95. The van der Waals surface area contributed by atoms with E-state index in [1.807, 2.05) is 54.3 Å². The number of anilines is 1. The molecular weight excluding hydrogens is 330 g/mol. The molecule has 0 radical (unpaired) electrons. The van der Waals surface area contributed by atoms with E-state index in [0.717, 1.165) is 34.5 Å². The first-order chi connectivity index (χ1) is 12.7. The van der Waals surface area contributed by atoms with Crippen LogP contribution < -0.4 is 9.64 Å². The van der Waals surface area contributed by atoms with Crippen LogP contribution >= 0.6 is 0 Å². The molecule has 26 heavy (non-hydrogen) atoms. The molecule has 1 amide bonds. The molecule has 4 rings (SSSR count). The molecule has 7 nitrogen and oxygen atoms in total. The second-order valence-electron chi connectivity index (χ2n) is 6.20. The highest BCUT2D eigenvalue weighted by Gasteiger charge is 2.27. The van der Waals surface area contributed by atoms with Gasteiger partial charge in [-0.05, 0) is 41.8 Å². The Morgan fingerprint density at radius 2 is 2.12 bits per heavy atom. The first-order valence-corrected chi connectivity index (χ1v) is 8.58. The molecule has 0 aliphatic carbocycles. The summed E-state index contributed by atoms with van der Waals surface area (Å²) in [6, 6.07) is 13.6. The SMILES string of the molecule is Cc1ccccc1OCCC(=O)N1CCc2c(-c3nn[nH]n3)cccc21. The van der Waals surface area contributed by atoms with Crippen LogP contribution in [0, 0.1) is 6.92 Å². The molecule has 0 spiro atoms. The summed E-state index contributed by atoms with van der Waals surface area (Å²) in [5.41, 5.74) is 3.99. The molecule has 2 aromatic carbocycles. The Hall–Kier alpha value is -3.22. The summed E-state index contributed by atoms with van der Waals surface area (Å²) in [4.78, 5) is 14.5. The van der Waals surface area contributed by atoms with Crippen LogP contribution in [0.5, 0.6) is 5.75 Å². The summed E-state index contributed by atoms with van der Waals surface area (Å²) >= 11 is 0. The third-order valence-corrected chi connectivity index (χ3v) is 4.58. The zero-order valence-corrected chi connectivity index (χ0v) is 14.5. The zero-order chi connectivity index (χ0) is 17.9. The molecule has 132 valence electrons. The molecule has 0 fully saturated rings. The maximum atomic E-state index is 12.7. The van der Waals surface area contributed by atoms with Crippen molar-refractivity contribution in [1.29, 1.82) is 0 Å². The number of ether oxygens (including phenoxy) is 1. The van der Waals surface area contributed by atoms with Crippen molar-refractivity contribution in [3.8, 4) is 17.1 Å². The number of fused-ring (bicyclic) bond motifs is 1. The van der Waals surface area contributed by atoms with E-state index >= 15 is 0 Å². The summed E-state index contributed by atoms with van der Waals surface area (Å²) in [5.74, 6) is 1.43. The number of aryl methyl sites for hydroxylation is 1. The molecule has 1 aromatic heterocycles. The van der Waals surface area contributed by atoms with Crippen LogP contribution in [-0.2, 0) is 11.2 Å². The molecule has 1 aliphatic heterocycles. The monoisotopic (exact) mass is 349 g/mol. The van der Waals surface area contributed by atoms with Gasteiger partial charge in [0.2, 0.25) is 11.7 Å². The summed E-state index contributed by atoms with van der Waals surface area (Å²) in [6.45, 7) is 3.01. The number of tetrazole rings is 1. The van der Waals surface area contributed by atoms with E-state index in [1.54, 1.807) is 0 Å². The Balaban J connectivity index is 1.45. The molecule has 0 unspecified atom stereocenters. The summed E-state index contributed by atoms with van der Waals surface area (Å²) < 4.78 is 5.76. The average Bonchev–Trinajstić information content (AvgIpc) is 3.32. The third-order valence-electron chi connectivity index (χ3n) is 4.58. The number of carbonyl (C=O) groups excluding carboxylic acids is 1. The first-order valence-electron chi connectivity index (χ1n) is 8.58. The molecule has 7 heteroatoms. The molecular formula is C19H19N5O2. The lowest BCUT2D eigenvalue weighted by Crippen LogP contribution is -2.30. The highest BCUT2D eigenvalue weighted by atomic mass is 16.5. The van der Waals surface area contributed by atoms with Crippen molar-refractivity contribution >= 4 is 11.6 Å². The van der Waals surface area contributed by atoms with Crippen molar-refractivity contribution in [3.05, 3.63) is 53.6 Å². The predicted octanol–water partition coefficient (Wildman–Crippen LogP) is 2.53. The van der Waals surface area contributed by atoms with Gasteiger partial charge in [0.1, 0.15) is 5.75 Å². The van der Waals surface area contributed by atoms with Crippen LogP contribution in [0.25, 0.3) is 11.4 Å². The lowest BCUT2D eigenvalue weighted by molar-refractivity contribution is -0.119. The quantitative estimate of drug-likeness (QED) is 0.765. The standard InChI is InChI=1S/C19H19N5O2/c1-13-5-2-3-8-17(13)26-12-10-18(25)24-11-9-14-15(6-4-7-16(14)24)19-20-22-23-21-19/h2-8H,9-12H2,1H3,(H,20,21,22,23). The Morgan fingerprint density at radius 3 is 2.92 bits per heavy atom. The van der Waals surface area contributed by atoms with Crippen molar-refractivity contribution in [2.24, 2.45) is 0 Å². The first kappa shape index (κ1) is 16.3. The minimum Gasteiger partial charge on any atom is -0.493 e. The maximum absolute atomic E-state index is 12.7. The number of nitrogens with one attached hydrogen (secondary N) is 1. The molecule has 0 saturated heterocycles. The van der Waals surface area contributed by atoms with E-state index in [1.165, 1.54) is 0 Å². The van der Waals surface area contributed by atoms with Gasteiger partial charge in [0, 0.05) is 17.8 Å². The van der Waals surface area contributed by atoms with Crippen molar-refractivity contribution in [2.75, 3.05) is 18.1 Å². The molecule has 0 atom stereocenters. The van der Waals surface area contributed by atoms with E-state index in [9.17, 15) is 4.79 Å². The van der Waals surface area contributed by atoms with Gasteiger partial charge < -0.3 is 9.64 Å². The van der Waals surface area contributed by atoms with Crippen LogP contribution in [-0.4, -0.2) is 39.7 Å². The number of aromatic amines is 1. The van der Waals surface area contributed by atoms with Gasteiger partial charge in [-0.1, -0.05) is 30.3 Å². The largest absolute Gasteiger partial charge is 0.493 e. The fourth-order valence-corrected chi connectivity index (χ4v) is 3.28. The number of nitrogens with zero attached hydrogens (tertiary/aromatic N) is 4. The van der Waals surface area contributed by atoms with E-state index < -0.39 is 0 Å². The fraction of sp³-hybridized carbons (Fsp3) is 0.263. The van der Waals surface area contributed by atoms with Gasteiger partial charge in [-0.15, -0.1) is 10.2 Å². The van der Waals surface area contributed by atoms with E-state index in [-0.39, 0.29) is 5.91 Å².